The molecule has 0 saturated heterocycles. The van der Waals surface area contributed by atoms with E-state index in [1.54, 1.807) is 40.6 Å². The minimum atomic E-state index is -0.0508. The Bertz CT molecular complexity index is 1560. The lowest BCUT2D eigenvalue weighted by Gasteiger charge is -2.17. The summed E-state index contributed by atoms with van der Waals surface area (Å²) in [5, 5.41) is 6.72. The summed E-state index contributed by atoms with van der Waals surface area (Å²) in [5.41, 5.74) is 3.40. The monoisotopic (exact) mass is 527 g/mol. The Kier molecular flexibility index (Phi) is 7.30. The van der Waals surface area contributed by atoms with Crippen LogP contribution in [0.4, 0.5) is 17.6 Å². The second-order valence-electron chi connectivity index (χ2n) is 8.55. The first-order valence-corrected chi connectivity index (χ1v) is 12.2. The van der Waals surface area contributed by atoms with Crippen LogP contribution in [-0.4, -0.2) is 52.9 Å². The summed E-state index contributed by atoms with van der Waals surface area (Å²) in [7, 11) is 6.34. The van der Waals surface area contributed by atoms with Gasteiger partial charge in [0, 0.05) is 17.8 Å². The van der Waals surface area contributed by atoms with Crippen molar-refractivity contribution in [1.82, 2.24) is 24.5 Å². The lowest BCUT2D eigenvalue weighted by atomic mass is 10.1. The first-order valence-electron chi connectivity index (χ1n) is 12.2. The van der Waals surface area contributed by atoms with Gasteiger partial charge in [-0.05, 0) is 36.8 Å². The molecule has 5 rings (SSSR count). The molecule has 200 valence electrons. The quantitative estimate of drug-likeness (QED) is 0.252. The van der Waals surface area contributed by atoms with Crippen LogP contribution in [0.3, 0.4) is 0 Å². The average Bonchev–Trinajstić information content (AvgIpc) is 3.34. The molecule has 0 unspecified atom stereocenters. The van der Waals surface area contributed by atoms with E-state index >= 15 is 0 Å². The van der Waals surface area contributed by atoms with Crippen LogP contribution in [0, 0.1) is 0 Å². The van der Waals surface area contributed by atoms with Crippen LogP contribution < -0.4 is 29.6 Å². The predicted molar refractivity (Wildman–Crippen MR) is 149 cm³/mol. The molecule has 0 aliphatic carbocycles. The van der Waals surface area contributed by atoms with Crippen LogP contribution in [0.1, 0.15) is 18.5 Å². The van der Waals surface area contributed by atoms with Gasteiger partial charge in [0.25, 0.3) is 0 Å². The van der Waals surface area contributed by atoms with Crippen molar-refractivity contribution in [3.05, 3.63) is 72.6 Å². The Morgan fingerprint density at radius 3 is 2.18 bits per heavy atom. The molecule has 11 nitrogen and oxygen atoms in total. The molecule has 0 aliphatic heterocycles. The van der Waals surface area contributed by atoms with E-state index < -0.39 is 0 Å². The number of rotatable bonds is 10. The summed E-state index contributed by atoms with van der Waals surface area (Å²) in [6, 6.07) is 19.2. The van der Waals surface area contributed by atoms with E-state index in [9.17, 15) is 0 Å². The van der Waals surface area contributed by atoms with Crippen molar-refractivity contribution in [3.63, 3.8) is 0 Å². The summed E-state index contributed by atoms with van der Waals surface area (Å²) in [6.45, 7) is 2.07. The number of anilines is 3. The standard InChI is InChI=1S/C28H29N7O4/c1-17(18-10-12-20(36-2)13-11-18)31-28-33-21-8-6-7-9-22(21)35(28)27-30-16-29-26(34-27)32-19-14-23(37-3)25(39-5)24(15-19)38-4/h6-17H,1-5H3,(H,31,33)(H,29,30,32,34)/t17-/m0/s1. The van der Waals surface area contributed by atoms with Gasteiger partial charge in [-0.2, -0.15) is 4.98 Å². The number of imidazole rings is 1. The molecular weight excluding hydrogens is 498 g/mol. The van der Waals surface area contributed by atoms with Crippen molar-refractivity contribution in [2.75, 3.05) is 39.1 Å². The third-order valence-corrected chi connectivity index (χ3v) is 6.20. The number of para-hydroxylation sites is 2. The Hall–Kier alpha value is -5.06. The number of nitrogens with one attached hydrogen (secondary N) is 2. The van der Waals surface area contributed by atoms with Gasteiger partial charge < -0.3 is 29.6 Å². The van der Waals surface area contributed by atoms with Gasteiger partial charge in [0.05, 0.1) is 45.5 Å². The van der Waals surface area contributed by atoms with Gasteiger partial charge in [-0.3, -0.25) is 0 Å². The summed E-state index contributed by atoms with van der Waals surface area (Å²) in [4.78, 5) is 18.3. The van der Waals surface area contributed by atoms with E-state index in [1.165, 1.54) is 6.33 Å². The van der Waals surface area contributed by atoms with E-state index in [-0.39, 0.29) is 6.04 Å². The fourth-order valence-corrected chi connectivity index (χ4v) is 4.23. The fourth-order valence-electron chi connectivity index (χ4n) is 4.23. The van der Waals surface area contributed by atoms with Crippen molar-refractivity contribution < 1.29 is 18.9 Å². The molecule has 39 heavy (non-hydrogen) atoms. The van der Waals surface area contributed by atoms with Crippen LogP contribution in [0.25, 0.3) is 17.0 Å². The highest BCUT2D eigenvalue weighted by molar-refractivity contribution is 5.80. The molecule has 0 amide bonds. The fraction of sp³-hybridized carbons (Fsp3) is 0.214. The second kappa shape index (κ2) is 11.1. The maximum Gasteiger partial charge on any atom is 0.241 e. The molecule has 0 fully saturated rings. The van der Waals surface area contributed by atoms with Gasteiger partial charge >= 0.3 is 0 Å². The molecule has 1 atom stereocenters. The maximum atomic E-state index is 5.46. The summed E-state index contributed by atoms with van der Waals surface area (Å²) in [6.07, 6.45) is 1.45. The minimum absolute atomic E-state index is 0.0508. The highest BCUT2D eigenvalue weighted by Crippen LogP contribution is 2.40. The van der Waals surface area contributed by atoms with Gasteiger partial charge in [-0.15, -0.1) is 0 Å². The Morgan fingerprint density at radius 1 is 0.795 bits per heavy atom. The molecule has 2 aromatic heterocycles. The summed E-state index contributed by atoms with van der Waals surface area (Å²) in [5.74, 6) is 3.65. The number of ether oxygens (including phenoxy) is 4. The van der Waals surface area contributed by atoms with Crippen molar-refractivity contribution >= 4 is 28.6 Å². The van der Waals surface area contributed by atoms with Gasteiger partial charge in [-0.1, -0.05) is 24.3 Å². The molecule has 2 N–H and O–H groups in total. The highest BCUT2D eigenvalue weighted by Gasteiger charge is 2.19. The lowest BCUT2D eigenvalue weighted by molar-refractivity contribution is 0.324. The molecule has 0 radical (unpaired) electrons. The molecule has 3 aromatic carbocycles. The number of methoxy groups -OCH3 is 4. The maximum absolute atomic E-state index is 5.46. The summed E-state index contributed by atoms with van der Waals surface area (Å²) >= 11 is 0. The smallest absolute Gasteiger partial charge is 0.241 e. The number of hydrogen-bond acceptors (Lipinski definition) is 10. The molecule has 2 heterocycles. The zero-order chi connectivity index (χ0) is 27.4. The minimum Gasteiger partial charge on any atom is -0.497 e. The van der Waals surface area contributed by atoms with Gasteiger partial charge in [0.15, 0.2) is 11.5 Å². The molecule has 5 aromatic rings. The van der Waals surface area contributed by atoms with Crippen molar-refractivity contribution in [2.24, 2.45) is 0 Å². The highest BCUT2D eigenvalue weighted by atomic mass is 16.5. The van der Waals surface area contributed by atoms with Crippen molar-refractivity contribution in [3.8, 4) is 28.9 Å². The van der Waals surface area contributed by atoms with Gasteiger partial charge in [0.2, 0.25) is 23.6 Å². The molecule has 0 bridgehead atoms. The van der Waals surface area contributed by atoms with Crippen LogP contribution in [0.5, 0.6) is 23.0 Å². The lowest BCUT2D eigenvalue weighted by Crippen LogP contribution is -2.13. The van der Waals surface area contributed by atoms with E-state index in [0.717, 1.165) is 22.3 Å². The topological polar surface area (TPSA) is 117 Å². The molecule has 11 heteroatoms. The van der Waals surface area contributed by atoms with E-state index in [0.29, 0.717) is 40.8 Å². The predicted octanol–water partition coefficient (Wildman–Crippen LogP) is 5.16. The Balaban J connectivity index is 1.50. The second-order valence-corrected chi connectivity index (χ2v) is 8.55. The molecular formula is C28H29N7O4. The number of fused-ring (bicyclic) bond motifs is 1. The van der Waals surface area contributed by atoms with Gasteiger partial charge in [-0.25, -0.2) is 19.5 Å². The molecule has 0 saturated carbocycles. The molecule has 0 aliphatic rings. The first kappa shape index (κ1) is 25.6. The largest absolute Gasteiger partial charge is 0.497 e. The van der Waals surface area contributed by atoms with E-state index in [1.807, 2.05) is 53.1 Å². The molecule has 0 spiro atoms. The Labute approximate surface area is 225 Å². The zero-order valence-electron chi connectivity index (χ0n) is 22.3. The average molecular weight is 528 g/mol. The zero-order valence-corrected chi connectivity index (χ0v) is 22.3. The number of nitrogens with zero attached hydrogens (tertiary/aromatic N) is 5. The van der Waals surface area contributed by atoms with Crippen LogP contribution in [-0.2, 0) is 0 Å². The number of aromatic nitrogens is 5. The van der Waals surface area contributed by atoms with E-state index in [2.05, 4.69) is 27.5 Å². The number of benzene rings is 3. The van der Waals surface area contributed by atoms with E-state index in [4.69, 9.17) is 28.9 Å². The first-order chi connectivity index (χ1) is 19.0. The third-order valence-electron chi connectivity index (χ3n) is 6.20. The van der Waals surface area contributed by atoms with Crippen LogP contribution in [0.2, 0.25) is 0 Å². The van der Waals surface area contributed by atoms with Crippen molar-refractivity contribution in [2.45, 2.75) is 13.0 Å². The number of hydrogen-bond donors (Lipinski definition) is 2. The SMILES string of the molecule is COc1ccc([C@H](C)Nc2nc3ccccc3n2-c2ncnc(Nc3cc(OC)c(OC)c(OC)c3)n2)cc1. The third kappa shape index (κ3) is 5.19. The summed E-state index contributed by atoms with van der Waals surface area (Å²) < 4.78 is 23.5. The van der Waals surface area contributed by atoms with Crippen molar-refractivity contribution in [1.29, 1.82) is 0 Å². The Morgan fingerprint density at radius 2 is 1.51 bits per heavy atom. The normalized spacial score (nSPS) is 11.6. The van der Waals surface area contributed by atoms with Crippen LogP contribution in [0.15, 0.2) is 67.0 Å². The van der Waals surface area contributed by atoms with Crippen LogP contribution >= 0.6 is 0 Å². The van der Waals surface area contributed by atoms with Gasteiger partial charge in [0.1, 0.15) is 12.1 Å².